The minimum atomic E-state index is 0.544. The van der Waals surface area contributed by atoms with Gasteiger partial charge in [0, 0.05) is 25.2 Å². The molecule has 0 N–H and O–H groups in total. The van der Waals surface area contributed by atoms with Crippen LogP contribution in [-0.4, -0.2) is 18.1 Å². The lowest BCUT2D eigenvalue weighted by Crippen LogP contribution is -2.26. The molecule has 82 valence electrons. The molecule has 0 spiro atoms. The van der Waals surface area contributed by atoms with Gasteiger partial charge in [-0.3, -0.25) is 0 Å². The summed E-state index contributed by atoms with van der Waals surface area (Å²) in [6.45, 7) is 4.37. The van der Waals surface area contributed by atoms with Gasteiger partial charge < -0.3 is 4.90 Å². The van der Waals surface area contributed by atoms with Crippen molar-refractivity contribution in [1.29, 1.82) is 0 Å². The van der Waals surface area contributed by atoms with Crippen molar-refractivity contribution in [1.82, 2.24) is 4.98 Å². The molecule has 0 bridgehead atoms. The molecule has 0 radical (unpaired) electrons. The van der Waals surface area contributed by atoms with Gasteiger partial charge >= 0.3 is 0 Å². The quantitative estimate of drug-likeness (QED) is 0.715. The molecular weight excluding hydrogens is 208 g/mol. The van der Waals surface area contributed by atoms with E-state index >= 15 is 0 Å². The molecule has 0 saturated heterocycles. The SMILES string of the molecule is CCN(CC1CC1)c1ccc(CCl)cn1. The summed E-state index contributed by atoms with van der Waals surface area (Å²) in [6, 6.07) is 4.13. The fourth-order valence-electron chi connectivity index (χ4n) is 1.68. The van der Waals surface area contributed by atoms with Crippen LogP contribution in [-0.2, 0) is 5.88 Å². The van der Waals surface area contributed by atoms with Crippen molar-refractivity contribution >= 4 is 17.4 Å². The van der Waals surface area contributed by atoms with E-state index in [2.05, 4.69) is 28.9 Å². The maximum atomic E-state index is 5.73. The number of nitrogens with zero attached hydrogens (tertiary/aromatic N) is 2. The van der Waals surface area contributed by atoms with Gasteiger partial charge in [0.15, 0.2) is 0 Å². The molecule has 1 aliphatic carbocycles. The highest BCUT2D eigenvalue weighted by molar-refractivity contribution is 6.17. The molecule has 0 amide bonds. The van der Waals surface area contributed by atoms with Crippen LogP contribution in [0.3, 0.4) is 0 Å². The Morgan fingerprint density at radius 1 is 1.47 bits per heavy atom. The molecule has 0 aliphatic heterocycles. The summed E-state index contributed by atoms with van der Waals surface area (Å²) < 4.78 is 0. The molecule has 1 fully saturated rings. The lowest BCUT2D eigenvalue weighted by Gasteiger charge is -2.21. The number of alkyl halides is 1. The Kier molecular flexibility index (Phi) is 3.47. The Labute approximate surface area is 96.3 Å². The molecular formula is C12H17ClN2. The third kappa shape index (κ3) is 2.85. The predicted molar refractivity (Wildman–Crippen MR) is 64.4 cm³/mol. The molecule has 0 aromatic carbocycles. The summed E-state index contributed by atoms with van der Waals surface area (Å²) in [5.41, 5.74) is 1.09. The van der Waals surface area contributed by atoms with Gasteiger partial charge in [0.05, 0.1) is 0 Å². The number of rotatable bonds is 5. The van der Waals surface area contributed by atoms with E-state index in [4.69, 9.17) is 11.6 Å². The molecule has 0 atom stereocenters. The molecule has 1 aliphatic rings. The first kappa shape index (κ1) is 10.7. The summed E-state index contributed by atoms with van der Waals surface area (Å²) in [4.78, 5) is 6.79. The van der Waals surface area contributed by atoms with Crippen LogP contribution in [0.15, 0.2) is 18.3 Å². The minimum absolute atomic E-state index is 0.544. The average Bonchev–Trinajstić information content (AvgIpc) is 3.10. The van der Waals surface area contributed by atoms with Gasteiger partial charge in [-0.1, -0.05) is 6.07 Å². The second kappa shape index (κ2) is 4.84. The summed E-state index contributed by atoms with van der Waals surface area (Å²) in [5.74, 6) is 2.53. The van der Waals surface area contributed by atoms with Crippen LogP contribution < -0.4 is 4.90 Å². The molecule has 2 nitrogen and oxygen atoms in total. The standard InChI is InChI=1S/C12H17ClN2/c1-2-15(9-10-3-4-10)12-6-5-11(7-13)8-14-12/h5-6,8,10H,2-4,7,9H2,1H3. The zero-order valence-corrected chi connectivity index (χ0v) is 9.87. The Balaban J connectivity index is 2.03. The van der Waals surface area contributed by atoms with E-state index in [0.29, 0.717) is 5.88 Å². The second-order valence-electron chi connectivity index (χ2n) is 4.14. The van der Waals surface area contributed by atoms with Crippen molar-refractivity contribution in [3.63, 3.8) is 0 Å². The molecule has 1 aromatic heterocycles. The molecule has 2 rings (SSSR count). The zero-order chi connectivity index (χ0) is 10.7. The summed E-state index contributed by atoms with van der Waals surface area (Å²) in [7, 11) is 0. The van der Waals surface area contributed by atoms with E-state index in [1.165, 1.54) is 12.8 Å². The monoisotopic (exact) mass is 224 g/mol. The van der Waals surface area contributed by atoms with Gasteiger partial charge in [-0.2, -0.15) is 0 Å². The number of hydrogen-bond acceptors (Lipinski definition) is 2. The van der Waals surface area contributed by atoms with Gasteiger partial charge in [-0.25, -0.2) is 4.98 Å². The number of hydrogen-bond donors (Lipinski definition) is 0. The highest BCUT2D eigenvalue weighted by Gasteiger charge is 2.24. The van der Waals surface area contributed by atoms with Crippen molar-refractivity contribution in [3.8, 4) is 0 Å². The lowest BCUT2D eigenvalue weighted by atomic mass is 10.3. The number of anilines is 1. The van der Waals surface area contributed by atoms with E-state index in [9.17, 15) is 0 Å². The van der Waals surface area contributed by atoms with E-state index in [-0.39, 0.29) is 0 Å². The first-order valence-electron chi connectivity index (χ1n) is 5.59. The smallest absolute Gasteiger partial charge is 0.128 e. The number of aromatic nitrogens is 1. The molecule has 1 heterocycles. The molecule has 3 heteroatoms. The third-order valence-corrected chi connectivity index (χ3v) is 3.15. The maximum Gasteiger partial charge on any atom is 0.128 e. The minimum Gasteiger partial charge on any atom is -0.357 e. The maximum absolute atomic E-state index is 5.73. The van der Waals surface area contributed by atoms with Crippen LogP contribution in [0.4, 0.5) is 5.82 Å². The average molecular weight is 225 g/mol. The van der Waals surface area contributed by atoms with E-state index in [0.717, 1.165) is 30.4 Å². The van der Waals surface area contributed by atoms with Crippen LogP contribution in [0.2, 0.25) is 0 Å². The lowest BCUT2D eigenvalue weighted by molar-refractivity contribution is 0.732. The topological polar surface area (TPSA) is 16.1 Å². The summed E-state index contributed by atoms with van der Waals surface area (Å²) in [5, 5.41) is 0. The van der Waals surface area contributed by atoms with Crippen LogP contribution in [0.5, 0.6) is 0 Å². The fraction of sp³-hybridized carbons (Fsp3) is 0.583. The van der Waals surface area contributed by atoms with Gasteiger partial charge in [0.2, 0.25) is 0 Å². The Bertz CT molecular complexity index is 306. The van der Waals surface area contributed by atoms with Crippen LogP contribution in [0.25, 0.3) is 0 Å². The normalized spacial score (nSPS) is 15.3. The van der Waals surface area contributed by atoms with E-state index in [1.54, 1.807) is 0 Å². The molecule has 15 heavy (non-hydrogen) atoms. The van der Waals surface area contributed by atoms with Gasteiger partial charge in [0.25, 0.3) is 0 Å². The van der Waals surface area contributed by atoms with E-state index < -0.39 is 0 Å². The summed E-state index contributed by atoms with van der Waals surface area (Å²) in [6.07, 6.45) is 4.64. The van der Waals surface area contributed by atoms with Gasteiger partial charge in [0.1, 0.15) is 5.82 Å². The Morgan fingerprint density at radius 3 is 2.73 bits per heavy atom. The van der Waals surface area contributed by atoms with Gasteiger partial charge in [-0.05, 0) is 37.3 Å². The van der Waals surface area contributed by atoms with Crippen molar-refractivity contribution in [3.05, 3.63) is 23.9 Å². The first-order valence-corrected chi connectivity index (χ1v) is 6.12. The zero-order valence-electron chi connectivity index (χ0n) is 9.12. The molecule has 1 aromatic rings. The number of halogens is 1. The van der Waals surface area contributed by atoms with Crippen molar-refractivity contribution in [2.75, 3.05) is 18.0 Å². The largest absolute Gasteiger partial charge is 0.357 e. The fourth-order valence-corrected chi connectivity index (χ4v) is 1.84. The third-order valence-electron chi connectivity index (χ3n) is 2.84. The first-order chi connectivity index (χ1) is 7.33. The summed E-state index contributed by atoms with van der Waals surface area (Å²) >= 11 is 5.73. The van der Waals surface area contributed by atoms with E-state index in [1.807, 2.05) is 6.20 Å². The van der Waals surface area contributed by atoms with Crippen molar-refractivity contribution < 1.29 is 0 Å². The highest BCUT2D eigenvalue weighted by atomic mass is 35.5. The van der Waals surface area contributed by atoms with Crippen LogP contribution in [0, 0.1) is 5.92 Å². The highest BCUT2D eigenvalue weighted by Crippen LogP contribution is 2.30. The Morgan fingerprint density at radius 2 is 2.27 bits per heavy atom. The number of pyridine rings is 1. The van der Waals surface area contributed by atoms with Crippen LogP contribution >= 0.6 is 11.6 Å². The predicted octanol–water partition coefficient (Wildman–Crippen LogP) is 3.06. The van der Waals surface area contributed by atoms with Gasteiger partial charge in [-0.15, -0.1) is 11.6 Å². The molecule has 1 saturated carbocycles. The second-order valence-corrected chi connectivity index (χ2v) is 4.41. The Hall–Kier alpha value is -0.760. The molecule has 0 unspecified atom stereocenters. The van der Waals surface area contributed by atoms with Crippen molar-refractivity contribution in [2.45, 2.75) is 25.6 Å². The van der Waals surface area contributed by atoms with Crippen LogP contribution in [0.1, 0.15) is 25.3 Å². The van der Waals surface area contributed by atoms with Crippen molar-refractivity contribution in [2.24, 2.45) is 5.92 Å².